The number of benzene rings is 1. The van der Waals surface area contributed by atoms with Crippen LogP contribution in [0.15, 0.2) is 47.4 Å². The summed E-state index contributed by atoms with van der Waals surface area (Å²) in [5.41, 5.74) is 6.55. The fraction of sp³-hybridized carbons (Fsp3) is 0.304. The Hall–Kier alpha value is -3.99. The van der Waals surface area contributed by atoms with E-state index in [2.05, 4.69) is 27.3 Å². The normalized spacial score (nSPS) is 21.7. The molecule has 1 aromatic carbocycles. The first kappa shape index (κ1) is 20.6. The number of nitrogens with zero attached hydrogens (tertiary/aromatic N) is 6. The van der Waals surface area contributed by atoms with Crippen LogP contribution >= 0.6 is 0 Å². The third-order valence-electron chi connectivity index (χ3n) is 6.56. The summed E-state index contributed by atoms with van der Waals surface area (Å²) in [7, 11) is 0. The van der Waals surface area contributed by atoms with E-state index < -0.39 is 17.5 Å². The summed E-state index contributed by atoms with van der Waals surface area (Å²) >= 11 is 0. The number of fused-ring (bicyclic) bond motifs is 2. The molecule has 2 aliphatic rings. The van der Waals surface area contributed by atoms with E-state index in [0.717, 1.165) is 0 Å². The van der Waals surface area contributed by atoms with Crippen molar-refractivity contribution in [2.45, 2.75) is 25.5 Å². The first-order valence-electron chi connectivity index (χ1n) is 11.1. The molecule has 6 rings (SSSR count). The molecule has 11 heteroatoms. The number of nitrogens with two attached hydrogens (primary N) is 1. The highest BCUT2D eigenvalue weighted by Crippen LogP contribution is 2.45. The minimum Gasteiger partial charge on any atom is -0.388 e. The Morgan fingerprint density at radius 1 is 1.21 bits per heavy atom. The number of rotatable bonds is 3. The molecule has 0 amide bonds. The highest BCUT2D eigenvalue weighted by Gasteiger charge is 2.44. The van der Waals surface area contributed by atoms with Crippen molar-refractivity contribution in [3.8, 4) is 5.69 Å². The highest BCUT2D eigenvalue weighted by atomic mass is 19.1. The molecular formula is C23H23FN8O2. The van der Waals surface area contributed by atoms with Crippen LogP contribution in [-0.4, -0.2) is 42.3 Å². The van der Waals surface area contributed by atoms with Gasteiger partial charge in [0.2, 0.25) is 5.95 Å². The third kappa shape index (κ3) is 2.97. The van der Waals surface area contributed by atoms with Gasteiger partial charge < -0.3 is 21.1 Å². The summed E-state index contributed by atoms with van der Waals surface area (Å²) in [4.78, 5) is 24.2. The van der Waals surface area contributed by atoms with Gasteiger partial charge in [0.05, 0.1) is 23.4 Å². The maximum Gasteiger partial charge on any atom is 0.285 e. The Labute approximate surface area is 193 Å². The molecule has 0 aliphatic carbocycles. The topological polar surface area (TPSA) is 127 Å². The van der Waals surface area contributed by atoms with Crippen molar-refractivity contribution in [2.75, 3.05) is 29.0 Å². The molecule has 4 aromatic rings. The van der Waals surface area contributed by atoms with Crippen molar-refractivity contribution in [1.82, 2.24) is 24.1 Å². The fourth-order valence-corrected chi connectivity index (χ4v) is 4.98. The van der Waals surface area contributed by atoms with E-state index in [4.69, 9.17) is 5.73 Å². The van der Waals surface area contributed by atoms with Gasteiger partial charge in [0, 0.05) is 25.2 Å². The lowest BCUT2D eigenvalue weighted by molar-refractivity contribution is 0.166. The fourth-order valence-electron chi connectivity index (χ4n) is 4.98. The number of anilines is 3. The summed E-state index contributed by atoms with van der Waals surface area (Å²) < 4.78 is 17.2. The number of hydrogen-bond donors (Lipinski definition) is 3. The number of hydrogen-bond acceptors (Lipinski definition) is 8. The quantitative estimate of drug-likeness (QED) is 0.422. The van der Waals surface area contributed by atoms with E-state index in [-0.39, 0.29) is 23.4 Å². The molecule has 1 fully saturated rings. The van der Waals surface area contributed by atoms with Gasteiger partial charge in [0.15, 0.2) is 17.2 Å². The molecule has 174 valence electrons. The average Bonchev–Trinajstić information content (AvgIpc) is 3.18. The highest BCUT2D eigenvalue weighted by molar-refractivity contribution is 5.66. The van der Waals surface area contributed by atoms with E-state index in [1.807, 2.05) is 23.1 Å². The van der Waals surface area contributed by atoms with Crippen LogP contribution < -0.4 is 21.5 Å². The molecule has 0 radical (unpaired) electrons. The summed E-state index contributed by atoms with van der Waals surface area (Å²) in [5.74, 6) is 1.03. The maximum absolute atomic E-state index is 14.5. The van der Waals surface area contributed by atoms with Crippen molar-refractivity contribution >= 4 is 23.1 Å². The largest absolute Gasteiger partial charge is 0.388 e. The molecule has 4 N–H and O–H groups in total. The van der Waals surface area contributed by atoms with Crippen molar-refractivity contribution in [3.63, 3.8) is 0 Å². The van der Waals surface area contributed by atoms with Crippen LogP contribution in [0, 0.1) is 11.7 Å². The molecule has 1 saturated heterocycles. The molecular weight excluding hydrogens is 439 g/mol. The van der Waals surface area contributed by atoms with Gasteiger partial charge in [-0.25, -0.2) is 8.91 Å². The van der Waals surface area contributed by atoms with E-state index in [0.29, 0.717) is 48.2 Å². The maximum atomic E-state index is 14.5. The lowest BCUT2D eigenvalue weighted by atomic mass is 9.88. The SMILES string of the molecule is CC1CN(c2nc(N)nc3c2C(O)CCN3)[C@@H]1c1nn2ccc(F)c2c(=O)n1-c1ccccc1. The van der Waals surface area contributed by atoms with Crippen molar-refractivity contribution in [1.29, 1.82) is 0 Å². The first-order valence-corrected chi connectivity index (χ1v) is 11.1. The predicted molar refractivity (Wildman–Crippen MR) is 125 cm³/mol. The lowest BCUT2D eigenvalue weighted by Crippen LogP contribution is -2.52. The number of halogens is 1. The predicted octanol–water partition coefficient (Wildman–Crippen LogP) is 2.04. The number of aromatic nitrogens is 5. The molecule has 34 heavy (non-hydrogen) atoms. The van der Waals surface area contributed by atoms with Crippen LogP contribution in [0.5, 0.6) is 0 Å². The lowest BCUT2D eigenvalue weighted by Gasteiger charge is -2.48. The summed E-state index contributed by atoms with van der Waals surface area (Å²) in [6.07, 6.45) is 1.22. The van der Waals surface area contributed by atoms with E-state index in [9.17, 15) is 14.3 Å². The van der Waals surface area contributed by atoms with Crippen molar-refractivity contribution in [3.05, 3.63) is 70.2 Å². The Morgan fingerprint density at radius 2 is 2.00 bits per heavy atom. The zero-order chi connectivity index (χ0) is 23.6. The van der Waals surface area contributed by atoms with Gasteiger partial charge in [0.1, 0.15) is 11.6 Å². The monoisotopic (exact) mass is 462 g/mol. The number of aliphatic hydroxyl groups is 1. The number of nitrogens with one attached hydrogen (secondary N) is 1. The third-order valence-corrected chi connectivity index (χ3v) is 6.56. The van der Waals surface area contributed by atoms with Gasteiger partial charge in [-0.3, -0.25) is 9.36 Å². The van der Waals surface area contributed by atoms with Gasteiger partial charge in [-0.1, -0.05) is 25.1 Å². The van der Waals surface area contributed by atoms with Crippen LogP contribution in [0.2, 0.25) is 0 Å². The number of nitrogen functional groups attached to an aromatic ring is 1. The molecule has 0 saturated carbocycles. The summed E-state index contributed by atoms with van der Waals surface area (Å²) in [6.45, 7) is 3.24. The second-order valence-electron chi connectivity index (χ2n) is 8.76. The van der Waals surface area contributed by atoms with Gasteiger partial charge in [0.25, 0.3) is 5.56 Å². The standard InChI is InChI=1S/C23H23FN8O2/c1-12-11-30(20-16-15(33)7-9-26-19(16)27-23(25)28-20)17(12)21-29-31-10-8-14(24)18(31)22(34)32(21)13-5-3-2-4-6-13/h2-6,8,10,12,15,17,33H,7,9,11H2,1H3,(H3,25,26,27,28)/t12?,15?,17-/m0/s1. The zero-order valence-corrected chi connectivity index (χ0v) is 18.4. The van der Waals surface area contributed by atoms with Gasteiger partial charge in [-0.05, 0) is 24.6 Å². The van der Waals surface area contributed by atoms with Crippen LogP contribution in [0.3, 0.4) is 0 Å². The Kier molecular flexibility index (Phi) is 4.56. The summed E-state index contributed by atoms with van der Waals surface area (Å²) in [5, 5.41) is 18.6. The molecule has 3 aromatic heterocycles. The van der Waals surface area contributed by atoms with Gasteiger partial charge in [-0.2, -0.15) is 15.1 Å². The second-order valence-corrected chi connectivity index (χ2v) is 8.76. The van der Waals surface area contributed by atoms with Gasteiger partial charge in [-0.15, -0.1) is 0 Å². The molecule has 0 bridgehead atoms. The van der Waals surface area contributed by atoms with Crippen LogP contribution in [0.25, 0.3) is 11.2 Å². The minimum atomic E-state index is -0.742. The summed E-state index contributed by atoms with van der Waals surface area (Å²) in [6, 6.07) is 9.92. The van der Waals surface area contributed by atoms with Gasteiger partial charge >= 0.3 is 0 Å². The average molecular weight is 462 g/mol. The number of aliphatic hydroxyl groups excluding tert-OH is 1. The van der Waals surface area contributed by atoms with E-state index in [1.54, 1.807) is 12.1 Å². The van der Waals surface area contributed by atoms with Crippen molar-refractivity contribution in [2.24, 2.45) is 5.92 Å². The molecule has 2 aliphatic heterocycles. The smallest absolute Gasteiger partial charge is 0.285 e. The molecule has 0 spiro atoms. The molecule has 3 atom stereocenters. The minimum absolute atomic E-state index is 0.0880. The van der Waals surface area contributed by atoms with Crippen LogP contribution in [0.4, 0.5) is 22.0 Å². The second kappa shape index (κ2) is 7.52. The Balaban J connectivity index is 1.57. The molecule has 10 nitrogen and oxygen atoms in total. The zero-order valence-electron chi connectivity index (χ0n) is 18.4. The number of para-hydroxylation sites is 1. The Morgan fingerprint density at radius 3 is 2.76 bits per heavy atom. The van der Waals surface area contributed by atoms with Crippen molar-refractivity contribution < 1.29 is 9.50 Å². The van der Waals surface area contributed by atoms with Crippen LogP contribution in [0.1, 0.15) is 36.9 Å². The Bertz CT molecular complexity index is 1470. The first-order chi connectivity index (χ1) is 16.4. The molecule has 2 unspecified atom stereocenters. The molecule has 5 heterocycles. The van der Waals surface area contributed by atoms with E-state index in [1.165, 1.54) is 21.3 Å². The van der Waals surface area contributed by atoms with E-state index >= 15 is 0 Å². The van der Waals surface area contributed by atoms with Crippen LogP contribution in [-0.2, 0) is 0 Å².